The van der Waals surface area contributed by atoms with E-state index in [1.165, 1.54) is 0 Å². The van der Waals surface area contributed by atoms with E-state index in [1.54, 1.807) is 6.92 Å². The van der Waals surface area contributed by atoms with Gasteiger partial charge in [0.25, 0.3) is 0 Å². The minimum Gasteiger partial charge on any atom is -0.389 e. The van der Waals surface area contributed by atoms with Crippen LogP contribution in [0.25, 0.3) is 0 Å². The van der Waals surface area contributed by atoms with Crippen LogP contribution >= 0.6 is 0 Å². The lowest BCUT2D eigenvalue weighted by molar-refractivity contribution is 0.199. The summed E-state index contributed by atoms with van der Waals surface area (Å²) in [4.78, 5) is 2.06. The van der Waals surface area contributed by atoms with Gasteiger partial charge in [0.15, 0.2) is 9.84 Å². The van der Waals surface area contributed by atoms with Gasteiger partial charge in [0.05, 0.1) is 17.6 Å². The zero-order valence-electron chi connectivity index (χ0n) is 9.83. The van der Waals surface area contributed by atoms with Crippen LogP contribution < -0.4 is 4.90 Å². The van der Waals surface area contributed by atoms with Crippen LogP contribution in [-0.2, 0) is 9.84 Å². The summed E-state index contributed by atoms with van der Waals surface area (Å²) in [5.74, 6) is 0.455. The maximum Gasteiger partial charge on any atom is 0.153 e. The fourth-order valence-electron chi connectivity index (χ4n) is 1.93. The number of hydrogen-bond donors (Lipinski definition) is 1. The van der Waals surface area contributed by atoms with Crippen LogP contribution in [0.2, 0.25) is 0 Å². The van der Waals surface area contributed by atoms with Gasteiger partial charge in [0.2, 0.25) is 0 Å². The van der Waals surface area contributed by atoms with Crippen LogP contribution in [0.4, 0.5) is 5.69 Å². The number of sulfone groups is 1. The standard InChI is InChI=1S/C12H17NO3S/c1-10(14)11-2-4-12(5-3-11)13-6-8-17(15,16)9-7-13/h2-5,10,14H,6-9H2,1H3/t10-/m1/s1. The van der Waals surface area contributed by atoms with Crippen LogP contribution in [0.3, 0.4) is 0 Å². The minimum atomic E-state index is -2.83. The average molecular weight is 255 g/mol. The smallest absolute Gasteiger partial charge is 0.153 e. The zero-order valence-corrected chi connectivity index (χ0v) is 10.7. The molecular weight excluding hydrogens is 238 g/mol. The molecule has 0 saturated carbocycles. The van der Waals surface area contributed by atoms with E-state index in [1.807, 2.05) is 24.3 Å². The van der Waals surface area contributed by atoms with Crippen molar-refractivity contribution in [3.8, 4) is 0 Å². The first-order valence-corrected chi connectivity index (χ1v) is 7.53. The lowest BCUT2D eigenvalue weighted by Crippen LogP contribution is -2.40. The van der Waals surface area contributed by atoms with Gasteiger partial charge in [-0.3, -0.25) is 0 Å². The Morgan fingerprint density at radius 3 is 2.18 bits per heavy atom. The van der Waals surface area contributed by atoms with Gasteiger partial charge in [0, 0.05) is 18.8 Å². The van der Waals surface area contributed by atoms with Crippen LogP contribution in [0.1, 0.15) is 18.6 Å². The Bertz CT molecular complexity index is 465. The molecule has 0 aromatic heterocycles. The molecule has 0 aliphatic carbocycles. The molecule has 0 spiro atoms. The molecule has 17 heavy (non-hydrogen) atoms. The monoisotopic (exact) mass is 255 g/mol. The zero-order chi connectivity index (χ0) is 12.5. The van der Waals surface area contributed by atoms with E-state index >= 15 is 0 Å². The summed E-state index contributed by atoms with van der Waals surface area (Å²) in [6.45, 7) is 2.83. The second-order valence-electron chi connectivity index (χ2n) is 4.41. The van der Waals surface area contributed by atoms with Crippen molar-refractivity contribution in [2.75, 3.05) is 29.5 Å². The van der Waals surface area contributed by atoms with Gasteiger partial charge in [0.1, 0.15) is 0 Å². The molecule has 1 heterocycles. The highest BCUT2D eigenvalue weighted by Crippen LogP contribution is 2.20. The van der Waals surface area contributed by atoms with Crippen LogP contribution in [0.5, 0.6) is 0 Å². The number of rotatable bonds is 2. The second-order valence-corrected chi connectivity index (χ2v) is 6.71. The summed E-state index contributed by atoms with van der Waals surface area (Å²) in [6.07, 6.45) is -0.467. The molecule has 4 nitrogen and oxygen atoms in total. The number of hydrogen-bond acceptors (Lipinski definition) is 4. The van der Waals surface area contributed by atoms with Crippen molar-refractivity contribution in [2.45, 2.75) is 13.0 Å². The first-order chi connectivity index (χ1) is 7.98. The molecule has 5 heteroatoms. The molecule has 1 fully saturated rings. The molecule has 1 N–H and O–H groups in total. The third-order valence-electron chi connectivity index (χ3n) is 3.09. The summed E-state index contributed by atoms with van der Waals surface area (Å²) >= 11 is 0. The molecule has 1 aliphatic rings. The summed E-state index contributed by atoms with van der Waals surface area (Å²) in [5, 5.41) is 9.40. The molecule has 1 aromatic rings. The molecule has 0 bridgehead atoms. The number of anilines is 1. The van der Waals surface area contributed by atoms with Gasteiger partial charge in [-0.25, -0.2) is 8.42 Å². The molecule has 1 saturated heterocycles. The van der Waals surface area contributed by atoms with Crippen molar-refractivity contribution in [3.63, 3.8) is 0 Å². The van der Waals surface area contributed by atoms with E-state index < -0.39 is 15.9 Å². The largest absolute Gasteiger partial charge is 0.389 e. The summed E-state index contributed by atoms with van der Waals surface area (Å²) < 4.78 is 22.6. The van der Waals surface area contributed by atoms with Gasteiger partial charge in [-0.1, -0.05) is 12.1 Å². The first-order valence-electron chi connectivity index (χ1n) is 5.71. The van der Waals surface area contributed by atoms with E-state index in [0.29, 0.717) is 13.1 Å². The van der Waals surface area contributed by atoms with E-state index in [9.17, 15) is 13.5 Å². The van der Waals surface area contributed by atoms with Crippen LogP contribution in [0, 0.1) is 0 Å². The minimum absolute atomic E-state index is 0.227. The maximum atomic E-state index is 11.3. The van der Waals surface area contributed by atoms with Gasteiger partial charge >= 0.3 is 0 Å². The van der Waals surface area contributed by atoms with Crippen molar-refractivity contribution in [1.29, 1.82) is 0 Å². The highest BCUT2D eigenvalue weighted by molar-refractivity contribution is 7.91. The Hall–Kier alpha value is -1.07. The first kappa shape index (κ1) is 12.4. The number of benzene rings is 1. The predicted octanol–water partition coefficient (Wildman–Crippen LogP) is 0.975. The highest BCUT2D eigenvalue weighted by atomic mass is 32.2. The average Bonchev–Trinajstić information content (AvgIpc) is 2.29. The lowest BCUT2D eigenvalue weighted by Gasteiger charge is -2.28. The molecule has 0 amide bonds. The summed E-state index contributed by atoms with van der Waals surface area (Å²) in [7, 11) is -2.83. The second kappa shape index (κ2) is 4.66. The van der Waals surface area contributed by atoms with E-state index in [0.717, 1.165) is 11.3 Å². The van der Waals surface area contributed by atoms with Crippen LogP contribution in [-0.4, -0.2) is 38.1 Å². The van der Waals surface area contributed by atoms with Crippen molar-refractivity contribution >= 4 is 15.5 Å². The summed E-state index contributed by atoms with van der Waals surface area (Å²) in [6, 6.07) is 7.62. The molecule has 1 atom stereocenters. The number of aliphatic hydroxyl groups is 1. The fraction of sp³-hybridized carbons (Fsp3) is 0.500. The Morgan fingerprint density at radius 1 is 1.18 bits per heavy atom. The Kier molecular flexibility index (Phi) is 3.40. The van der Waals surface area contributed by atoms with Crippen molar-refractivity contribution in [3.05, 3.63) is 29.8 Å². The van der Waals surface area contributed by atoms with E-state index in [2.05, 4.69) is 4.90 Å². The SMILES string of the molecule is C[C@@H](O)c1ccc(N2CCS(=O)(=O)CC2)cc1. The summed E-state index contributed by atoms with van der Waals surface area (Å²) in [5.41, 5.74) is 1.89. The van der Waals surface area contributed by atoms with E-state index in [-0.39, 0.29) is 11.5 Å². The molecule has 0 radical (unpaired) electrons. The van der Waals surface area contributed by atoms with E-state index in [4.69, 9.17) is 0 Å². The van der Waals surface area contributed by atoms with Crippen LogP contribution in [0.15, 0.2) is 24.3 Å². The Morgan fingerprint density at radius 2 is 1.71 bits per heavy atom. The van der Waals surface area contributed by atoms with Gasteiger partial charge in [-0.05, 0) is 24.6 Å². The van der Waals surface area contributed by atoms with Gasteiger partial charge in [-0.2, -0.15) is 0 Å². The third-order valence-corrected chi connectivity index (χ3v) is 4.69. The lowest BCUT2D eigenvalue weighted by atomic mass is 10.1. The topological polar surface area (TPSA) is 57.6 Å². The molecule has 1 aromatic carbocycles. The molecule has 0 unspecified atom stereocenters. The third kappa shape index (κ3) is 2.98. The maximum absolute atomic E-state index is 11.3. The molecule has 94 valence electrons. The Labute approximate surface area is 102 Å². The molecule has 2 rings (SSSR count). The normalized spacial score (nSPS) is 21.2. The van der Waals surface area contributed by atoms with Gasteiger partial charge in [-0.15, -0.1) is 0 Å². The van der Waals surface area contributed by atoms with Crippen molar-refractivity contribution < 1.29 is 13.5 Å². The highest BCUT2D eigenvalue weighted by Gasteiger charge is 2.21. The van der Waals surface area contributed by atoms with Crippen molar-refractivity contribution in [2.24, 2.45) is 0 Å². The Balaban J connectivity index is 2.09. The molecular formula is C12H17NO3S. The van der Waals surface area contributed by atoms with Gasteiger partial charge < -0.3 is 10.0 Å². The number of aliphatic hydroxyl groups excluding tert-OH is 1. The number of nitrogens with zero attached hydrogens (tertiary/aromatic N) is 1. The predicted molar refractivity (Wildman–Crippen MR) is 67.9 cm³/mol. The van der Waals surface area contributed by atoms with Crippen molar-refractivity contribution in [1.82, 2.24) is 0 Å². The fourth-order valence-corrected chi connectivity index (χ4v) is 3.14. The molecule has 1 aliphatic heterocycles. The quantitative estimate of drug-likeness (QED) is 0.855.